The number of aliphatic hydroxyl groups excluding tert-OH is 1. The van der Waals surface area contributed by atoms with Crippen LogP contribution in [0.2, 0.25) is 0 Å². The molecule has 4 heteroatoms. The quantitative estimate of drug-likeness (QED) is 0.658. The molecule has 0 radical (unpaired) electrons. The van der Waals surface area contributed by atoms with Crippen molar-refractivity contribution >= 4 is 10.9 Å². The van der Waals surface area contributed by atoms with Gasteiger partial charge in [0.1, 0.15) is 0 Å². The summed E-state index contributed by atoms with van der Waals surface area (Å²) in [6, 6.07) is 14.6. The van der Waals surface area contributed by atoms with Crippen LogP contribution in [0.25, 0.3) is 10.9 Å². The van der Waals surface area contributed by atoms with E-state index in [9.17, 15) is 0 Å². The number of hydrogen-bond donors (Lipinski definition) is 2. The molecule has 0 aliphatic carbocycles. The predicted molar refractivity (Wildman–Crippen MR) is 88.7 cm³/mol. The number of aromatic nitrogens is 2. The average Bonchev–Trinajstić information content (AvgIpc) is 2.98. The van der Waals surface area contributed by atoms with E-state index in [4.69, 9.17) is 5.11 Å². The molecule has 1 aromatic carbocycles. The van der Waals surface area contributed by atoms with Crippen LogP contribution >= 0.6 is 0 Å². The second-order valence-corrected chi connectivity index (χ2v) is 5.33. The number of pyridine rings is 1. The van der Waals surface area contributed by atoms with E-state index >= 15 is 0 Å². The summed E-state index contributed by atoms with van der Waals surface area (Å²) in [5.41, 5.74) is 3.63. The molecule has 0 bridgehead atoms. The van der Waals surface area contributed by atoms with Crippen LogP contribution < -0.4 is 5.32 Å². The van der Waals surface area contributed by atoms with Crippen LogP contribution in [0.15, 0.2) is 54.9 Å². The minimum Gasteiger partial charge on any atom is -0.395 e. The van der Waals surface area contributed by atoms with Gasteiger partial charge in [0.2, 0.25) is 0 Å². The summed E-state index contributed by atoms with van der Waals surface area (Å²) in [7, 11) is 0. The van der Waals surface area contributed by atoms with Crippen molar-refractivity contribution in [2.24, 2.45) is 0 Å². The molecule has 0 atom stereocenters. The van der Waals surface area contributed by atoms with Crippen LogP contribution in [0.5, 0.6) is 0 Å². The highest BCUT2D eigenvalue weighted by atomic mass is 16.3. The Kier molecular flexibility index (Phi) is 4.83. The highest BCUT2D eigenvalue weighted by molar-refractivity contribution is 5.83. The highest BCUT2D eigenvalue weighted by Gasteiger charge is 2.05. The summed E-state index contributed by atoms with van der Waals surface area (Å²) in [5.74, 6) is 0. The Balaban J connectivity index is 1.75. The lowest BCUT2D eigenvalue weighted by Gasteiger charge is -2.08. The van der Waals surface area contributed by atoms with Crippen LogP contribution in [0.4, 0.5) is 0 Å². The maximum absolute atomic E-state index is 8.87. The third-order valence-electron chi connectivity index (χ3n) is 3.84. The number of rotatable bonds is 7. The molecule has 0 amide bonds. The average molecular weight is 295 g/mol. The van der Waals surface area contributed by atoms with E-state index < -0.39 is 0 Å². The molecule has 2 aromatic heterocycles. The van der Waals surface area contributed by atoms with Gasteiger partial charge in [-0.2, -0.15) is 0 Å². The number of nitrogens with one attached hydrogen (secondary N) is 1. The van der Waals surface area contributed by atoms with Crippen molar-refractivity contribution in [1.82, 2.24) is 14.9 Å². The van der Waals surface area contributed by atoms with Crippen molar-refractivity contribution in [2.45, 2.75) is 19.5 Å². The third kappa shape index (κ3) is 3.35. The van der Waals surface area contributed by atoms with Gasteiger partial charge in [-0.05, 0) is 29.8 Å². The molecule has 0 saturated carbocycles. The molecule has 2 heterocycles. The summed E-state index contributed by atoms with van der Waals surface area (Å²) < 4.78 is 2.28. The molecule has 0 unspecified atom stereocenters. The first-order valence-electron chi connectivity index (χ1n) is 7.66. The number of fused-ring (bicyclic) bond motifs is 1. The fourth-order valence-corrected chi connectivity index (χ4v) is 2.72. The minimum atomic E-state index is 0.168. The number of aliphatic hydroxyl groups is 1. The van der Waals surface area contributed by atoms with E-state index in [1.807, 2.05) is 18.3 Å². The molecular formula is C18H21N3O. The molecule has 114 valence electrons. The van der Waals surface area contributed by atoms with Crippen LogP contribution in [0.3, 0.4) is 0 Å². The van der Waals surface area contributed by atoms with E-state index in [0.717, 1.165) is 25.2 Å². The normalized spacial score (nSPS) is 11.1. The van der Waals surface area contributed by atoms with E-state index in [1.54, 1.807) is 0 Å². The summed E-state index contributed by atoms with van der Waals surface area (Å²) in [5, 5.41) is 13.4. The van der Waals surface area contributed by atoms with E-state index in [-0.39, 0.29) is 6.61 Å². The Morgan fingerprint density at radius 2 is 2.05 bits per heavy atom. The van der Waals surface area contributed by atoms with E-state index in [0.29, 0.717) is 6.54 Å². The van der Waals surface area contributed by atoms with Crippen LogP contribution in [0, 0.1) is 0 Å². The topological polar surface area (TPSA) is 50.1 Å². The number of aryl methyl sites for hydroxylation is 2. The Bertz CT molecular complexity index is 722. The lowest BCUT2D eigenvalue weighted by atomic mass is 10.1. The standard InChI is InChI=1S/C18H21N3O/c22-13-10-19-14-15-4-3-6-18-17(15)8-12-21(18)11-7-16-5-1-2-9-20-16/h1-6,8-9,12,19,22H,7,10-11,13-14H2. The Hall–Kier alpha value is -2.17. The van der Waals surface area contributed by atoms with Gasteiger partial charge in [-0.25, -0.2) is 0 Å². The first-order valence-corrected chi connectivity index (χ1v) is 7.66. The molecular weight excluding hydrogens is 274 g/mol. The van der Waals surface area contributed by atoms with Crippen LogP contribution in [-0.4, -0.2) is 27.8 Å². The Morgan fingerprint density at radius 1 is 1.09 bits per heavy atom. The van der Waals surface area contributed by atoms with Gasteiger partial charge in [0.05, 0.1) is 6.61 Å². The first-order chi connectivity index (χ1) is 10.9. The number of hydrogen-bond acceptors (Lipinski definition) is 3. The molecule has 22 heavy (non-hydrogen) atoms. The summed E-state index contributed by atoms with van der Waals surface area (Å²) in [4.78, 5) is 4.38. The van der Waals surface area contributed by atoms with Crippen molar-refractivity contribution in [3.63, 3.8) is 0 Å². The van der Waals surface area contributed by atoms with Gasteiger partial charge in [-0.3, -0.25) is 4.98 Å². The zero-order chi connectivity index (χ0) is 15.2. The van der Waals surface area contributed by atoms with Gasteiger partial charge in [-0.15, -0.1) is 0 Å². The lowest BCUT2D eigenvalue weighted by molar-refractivity contribution is 0.292. The molecule has 0 fully saturated rings. The lowest BCUT2D eigenvalue weighted by Crippen LogP contribution is -2.17. The Morgan fingerprint density at radius 3 is 2.86 bits per heavy atom. The number of benzene rings is 1. The van der Waals surface area contributed by atoms with Crippen molar-refractivity contribution in [1.29, 1.82) is 0 Å². The monoisotopic (exact) mass is 295 g/mol. The summed E-state index contributed by atoms with van der Waals surface area (Å²) >= 11 is 0. The largest absolute Gasteiger partial charge is 0.395 e. The van der Waals surface area contributed by atoms with Gasteiger partial charge < -0.3 is 15.0 Å². The molecule has 0 spiro atoms. The van der Waals surface area contributed by atoms with E-state index in [1.165, 1.54) is 16.5 Å². The van der Waals surface area contributed by atoms with E-state index in [2.05, 4.69) is 51.4 Å². The third-order valence-corrected chi connectivity index (χ3v) is 3.84. The SMILES string of the molecule is OCCNCc1cccc2c1ccn2CCc1ccccn1. The molecule has 3 rings (SSSR count). The molecule has 0 aliphatic rings. The molecule has 0 saturated heterocycles. The maximum Gasteiger partial charge on any atom is 0.0556 e. The van der Waals surface area contributed by atoms with Gasteiger partial charge in [0, 0.05) is 55.0 Å². The second kappa shape index (κ2) is 7.20. The fourth-order valence-electron chi connectivity index (χ4n) is 2.72. The van der Waals surface area contributed by atoms with Crippen molar-refractivity contribution in [3.8, 4) is 0 Å². The zero-order valence-electron chi connectivity index (χ0n) is 12.6. The van der Waals surface area contributed by atoms with Gasteiger partial charge in [0.15, 0.2) is 0 Å². The zero-order valence-corrected chi connectivity index (χ0v) is 12.6. The maximum atomic E-state index is 8.87. The van der Waals surface area contributed by atoms with Crippen molar-refractivity contribution < 1.29 is 5.11 Å². The first kappa shape index (κ1) is 14.8. The highest BCUT2D eigenvalue weighted by Crippen LogP contribution is 2.20. The summed E-state index contributed by atoms with van der Waals surface area (Å²) in [6.07, 6.45) is 4.91. The predicted octanol–water partition coefficient (Wildman–Crippen LogP) is 2.36. The number of nitrogens with zero attached hydrogens (tertiary/aromatic N) is 2. The molecule has 0 aliphatic heterocycles. The molecule has 3 aromatic rings. The van der Waals surface area contributed by atoms with Gasteiger partial charge in [-0.1, -0.05) is 18.2 Å². The minimum absolute atomic E-state index is 0.168. The second-order valence-electron chi connectivity index (χ2n) is 5.33. The van der Waals surface area contributed by atoms with Crippen molar-refractivity contribution in [2.75, 3.05) is 13.2 Å². The van der Waals surface area contributed by atoms with Gasteiger partial charge >= 0.3 is 0 Å². The Labute approximate surface area is 130 Å². The van der Waals surface area contributed by atoms with Crippen LogP contribution in [-0.2, 0) is 19.5 Å². The summed E-state index contributed by atoms with van der Waals surface area (Å²) in [6.45, 7) is 2.49. The van der Waals surface area contributed by atoms with Crippen molar-refractivity contribution in [3.05, 3.63) is 66.1 Å². The van der Waals surface area contributed by atoms with Gasteiger partial charge in [0.25, 0.3) is 0 Å². The fraction of sp³-hybridized carbons (Fsp3) is 0.278. The smallest absolute Gasteiger partial charge is 0.0556 e. The molecule has 2 N–H and O–H groups in total. The molecule has 4 nitrogen and oxygen atoms in total. The van der Waals surface area contributed by atoms with Crippen LogP contribution in [0.1, 0.15) is 11.3 Å².